The van der Waals surface area contributed by atoms with Crippen molar-refractivity contribution in [1.29, 1.82) is 0 Å². The Morgan fingerprint density at radius 3 is 2.50 bits per heavy atom. The average molecular weight is 202 g/mol. The highest BCUT2D eigenvalue weighted by atomic mass is 16.4. The van der Waals surface area contributed by atoms with Gasteiger partial charge < -0.3 is 15.3 Å². The van der Waals surface area contributed by atoms with Crippen LogP contribution in [0.2, 0.25) is 0 Å². The van der Waals surface area contributed by atoms with Crippen LogP contribution < -0.4 is 0 Å². The van der Waals surface area contributed by atoms with Crippen molar-refractivity contribution >= 4 is 5.97 Å². The predicted molar refractivity (Wildman–Crippen MR) is 53.0 cm³/mol. The molecule has 0 aromatic carbocycles. The number of aliphatic hydroxyl groups excluding tert-OH is 2. The Bertz CT molecular complexity index is 198. The molecular weight excluding hydrogens is 184 g/mol. The number of unbranched alkanes of at least 4 members (excludes halogenated alkanes) is 2. The Morgan fingerprint density at radius 2 is 2.00 bits per heavy atom. The second-order valence-electron chi connectivity index (χ2n) is 3.30. The molecule has 3 N–H and O–H groups in total. The van der Waals surface area contributed by atoms with E-state index in [0.717, 1.165) is 19.3 Å². The summed E-state index contributed by atoms with van der Waals surface area (Å²) >= 11 is 0. The van der Waals surface area contributed by atoms with Gasteiger partial charge in [0.2, 0.25) is 0 Å². The summed E-state index contributed by atoms with van der Waals surface area (Å²) in [4.78, 5) is 10.4. The minimum Gasteiger partial charge on any atom is -0.478 e. The third-order valence-corrected chi connectivity index (χ3v) is 1.94. The first-order valence-electron chi connectivity index (χ1n) is 4.78. The molecule has 82 valence electrons. The van der Waals surface area contributed by atoms with Gasteiger partial charge in [-0.25, -0.2) is 4.79 Å². The fourth-order valence-corrected chi connectivity index (χ4v) is 1.09. The van der Waals surface area contributed by atoms with Gasteiger partial charge in [0, 0.05) is 12.2 Å². The van der Waals surface area contributed by atoms with Crippen LogP contribution in [0.3, 0.4) is 0 Å². The lowest BCUT2D eigenvalue weighted by Gasteiger charge is -2.05. The summed E-state index contributed by atoms with van der Waals surface area (Å²) < 4.78 is 0. The Balaban J connectivity index is 3.69. The molecule has 0 spiro atoms. The van der Waals surface area contributed by atoms with Gasteiger partial charge in [-0.05, 0) is 25.8 Å². The van der Waals surface area contributed by atoms with Crippen molar-refractivity contribution in [3.05, 3.63) is 11.6 Å². The third-order valence-electron chi connectivity index (χ3n) is 1.94. The fourth-order valence-electron chi connectivity index (χ4n) is 1.09. The van der Waals surface area contributed by atoms with Crippen molar-refractivity contribution in [2.75, 3.05) is 6.61 Å². The van der Waals surface area contributed by atoms with Gasteiger partial charge in [-0.2, -0.15) is 0 Å². The van der Waals surface area contributed by atoms with Gasteiger partial charge in [-0.3, -0.25) is 0 Å². The van der Waals surface area contributed by atoms with Crippen molar-refractivity contribution < 1.29 is 20.1 Å². The first-order chi connectivity index (χ1) is 6.57. The third kappa shape index (κ3) is 6.62. The maximum atomic E-state index is 10.4. The largest absolute Gasteiger partial charge is 0.478 e. The van der Waals surface area contributed by atoms with E-state index in [9.17, 15) is 9.90 Å². The lowest BCUT2D eigenvalue weighted by molar-refractivity contribution is -0.132. The summed E-state index contributed by atoms with van der Waals surface area (Å²) in [6, 6.07) is 0. The van der Waals surface area contributed by atoms with Crippen LogP contribution in [0.1, 0.15) is 32.6 Å². The van der Waals surface area contributed by atoms with E-state index in [1.54, 1.807) is 0 Å². The molecule has 0 saturated carbocycles. The number of carbonyl (C=O) groups is 1. The standard InChI is InChI=1S/C10H18O4/c1-8(10(13)14)7-9(12)5-3-2-4-6-11/h7,9,11-12H,2-6H2,1H3,(H,13,14). The molecule has 0 heterocycles. The molecule has 0 radical (unpaired) electrons. The fraction of sp³-hybridized carbons (Fsp3) is 0.700. The average Bonchev–Trinajstić information content (AvgIpc) is 2.12. The van der Waals surface area contributed by atoms with Gasteiger partial charge in [0.15, 0.2) is 0 Å². The topological polar surface area (TPSA) is 77.8 Å². The van der Waals surface area contributed by atoms with Gasteiger partial charge in [0.05, 0.1) is 6.10 Å². The number of rotatable bonds is 7. The monoisotopic (exact) mass is 202 g/mol. The summed E-state index contributed by atoms with van der Waals surface area (Å²) in [6.07, 6.45) is 3.59. The number of carboxylic acids is 1. The van der Waals surface area contributed by atoms with Crippen molar-refractivity contribution in [3.8, 4) is 0 Å². The van der Waals surface area contributed by atoms with Gasteiger partial charge in [0.1, 0.15) is 0 Å². The normalized spacial score (nSPS) is 14.1. The molecule has 1 unspecified atom stereocenters. The summed E-state index contributed by atoms with van der Waals surface area (Å²) in [5.74, 6) is -1.00. The molecule has 0 aliphatic carbocycles. The zero-order valence-corrected chi connectivity index (χ0v) is 8.44. The van der Waals surface area contributed by atoms with Gasteiger partial charge in [-0.15, -0.1) is 0 Å². The molecule has 0 aromatic rings. The second kappa shape index (κ2) is 7.53. The highest BCUT2D eigenvalue weighted by Gasteiger charge is 2.04. The molecule has 4 nitrogen and oxygen atoms in total. The summed E-state index contributed by atoms with van der Waals surface area (Å²) in [5, 5.41) is 26.4. The second-order valence-corrected chi connectivity index (χ2v) is 3.30. The Morgan fingerprint density at radius 1 is 1.36 bits per heavy atom. The zero-order valence-electron chi connectivity index (χ0n) is 8.44. The van der Waals surface area contributed by atoms with Crippen molar-refractivity contribution in [3.63, 3.8) is 0 Å². The maximum absolute atomic E-state index is 10.4. The van der Waals surface area contributed by atoms with E-state index in [1.807, 2.05) is 0 Å². The van der Waals surface area contributed by atoms with Crippen LogP contribution in [0.25, 0.3) is 0 Å². The molecule has 0 amide bonds. The zero-order chi connectivity index (χ0) is 11.0. The van der Waals surface area contributed by atoms with Crippen LogP contribution in [0.5, 0.6) is 0 Å². The van der Waals surface area contributed by atoms with E-state index in [4.69, 9.17) is 10.2 Å². The number of carboxylic acid groups (broad SMARTS) is 1. The van der Waals surface area contributed by atoms with E-state index >= 15 is 0 Å². The molecule has 0 saturated heterocycles. The van der Waals surface area contributed by atoms with Crippen LogP contribution in [0.15, 0.2) is 11.6 Å². The quantitative estimate of drug-likeness (QED) is 0.424. The minimum atomic E-state index is -1.00. The van der Waals surface area contributed by atoms with Gasteiger partial charge in [-0.1, -0.05) is 12.8 Å². The summed E-state index contributed by atoms with van der Waals surface area (Å²) in [6.45, 7) is 1.62. The maximum Gasteiger partial charge on any atom is 0.331 e. The highest BCUT2D eigenvalue weighted by molar-refractivity contribution is 5.85. The number of aliphatic hydroxyl groups is 2. The Hall–Kier alpha value is -0.870. The molecule has 0 fully saturated rings. The van der Waals surface area contributed by atoms with Crippen LogP contribution in [-0.2, 0) is 4.79 Å². The first kappa shape index (κ1) is 13.1. The molecule has 1 atom stereocenters. The smallest absolute Gasteiger partial charge is 0.331 e. The van der Waals surface area contributed by atoms with Crippen molar-refractivity contribution in [2.45, 2.75) is 38.7 Å². The Kier molecular flexibility index (Phi) is 7.06. The van der Waals surface area contributed by atoms with E-state index < -0.39 is 12.1 Å². The molecule has 0 bridgehead atoms. The van der Waals surface area contributed by atoms with E-state index in [1.165, 1.54) is 13.0 Å². The molecule has 0 aliphatic heterocycles. The number of hydrogen-bond donors (Lipinski definition) is 3. The molecule has 0 aromatic heterocycles. The molecule has 4 heteroatoms. The number of aliphatic carboxylic acids is 1. The predicted octanol–water partition coefficient (Wildman–Crippen LogP) is 0.931. The van der Waals surface area contributed by atoms with Gasteiger partial charge >= 0.3 is 5.97 Å². The van der Waals surface area contributed by atoms with E-state index in [0.29, 0.717) is 6.42 Å². The molecule has 0 rings (SSSR count). The molecular formula is C10H18O4. The lowest BCUT2D eigenvalue weighted by atomic mass is 10.1. The van der Waals surface area contributed by atoms with Crippen molar-refractivity contribution in [2.24, 2.45) is 0 Å². The Labute approximate surface area is 83.9 Å². The van der Waals surface area contributed by atoms with Crippen LogP contribution in [0, 0.1) is 0 Å². The summed E-state index contributed by atoms with van der Waals surface area (Å²) in [7, 11) is 0. The summed E-state index contributed by atoms with van der Waals surface area (Å²) in [5.41, 5.74) is 0.166. The van der Waals surface area contributed by atoms with Gasteiger partial charge in [0.25, 0.3) is 0 Å². The first-order valence-corrected chi connectivity index (χ1v) is 4.78. The highest BCUT2D eigenvalue weighted by Crippen LogP contribution is 2.06. The van der Waals surface area contributed by atoms with Crippen LogP contribution in [-0.4, -0.2) is 34.0 Å². The van der Waals surface area contributed by atoms with Crippen LogP contribution in [0.4, 0.5) is 0 Å². The SMILES string of the molecule is CC(=CC(O)CCCCCO)C(=O)O. The molecule has 14 heavy (non-hydrogen) atoms. The minimum absolute atomic E-state index is 0.166. The van der Waals surface area contributed by atoms with E-state index in [2.05, 4.69) is 0 Å². The van der Waals surface area contributed by atoms with Crippen LogP contribution >= 0.6 is 0 Å². The molecule has 0 aliphatic rings. The number of hydrogen-bond acceptors (Lipinski definition) is 3. The van der Waals surface area contributed by atoms with Crippen molar-refractivity contribution in [1.82, 2.24) is 0 Å². The van der Waals surface area contributed by atoms with E-state index in [-0.39, 0.29) is 12.2 Å². The lowest BCUT2D eigenvalue weighted by Crippen LogP contribution is -2.06.